The molecule has 0 aliphatic carbocycles. The molecule has 1 atom stereocenters. The SMILES string of the molecule is O=c1cc(N2CCOCC2)nc(N2CCCC[C@H]2Cc2ccccc2)[nH]1. The van der Waals surface area contributed by atoms with E-state index in [0.29, 0.717) is 25.2 Å². The third kappa shape index (κ3) is 3.90. The molecular weight excluding hydrogens is 328 g/mol. The lowest BCUT2D eigenvalue weighted by molar-refractivity contribution is 0.122. The molecule has 6 nitrogen and oxygen atoms in total. The Morgan fingerprint density at radius 3 is 2.73 bits per heavy atom. The molecule has 0 amide bonds. The molecule has 6 heteroatoms. The summed E-state index contributed by atoms with van der Waals surface area (Å²) in [5, 5.41) is 0. The van der Waals surface area contributed by atoms with Gasteiger partial charge >= 0.3 is 0 Å². The average molecular weight is 354 g/mol. The van der Waals surface area contributed by atoms with Crippen molar-refractivity contribution in [3.05, 3.63) is 52.3 Å². The van der Waals surface area contributed by atoms with E-state index in [2.05, 4.69) is 39.0 Å². The van der Waals surface area contributed by atoms with Crippen LogP contribution in [0.1, 0.15) is 24.8 Å². The maximum atomic E-state index is 12.3. The first-order valence-electron chi connectivity index (χ1n) is 9.54. The van der Waals surface area contributed by atoms with Gasteiger partial charge in [-0.05, 0) is 31.2 Å². The molecular formula is C20H26N4O2. The Hall–Kier alpha value is -2.34. The number of morpholine rings is 1. The fraction of sp³-hybridized carbons (Fsp3) is 0.500. The van der Waals surface area contributed by atoms with Gasteiger partial charge in [0.1, 0.15) is 5.82 Å². The van der Waals surface area contributed by atoms with Gasteiger partial charge in [0.05, 0.1) is 13.2 Å². The van der Waals surface area contributed by atoms with Crippen molar-refractivity contribution in [1.29, 1.82) is 0 Å². The molecule has 0 bridgehead atoms. The fourth-order valence-corrected chi connectivity index (χ4v) is 3.90. The molecule has 4 rings (SSSR count). The van der Waals surface area contributed by atoms with Crippen molar-refractivity contribution in [3.63, 3.8) is 0 Å². The number of aromatic nitrogens is 2. The molecule has 3 heterocycles. The van der Waals surface area contributed by atoms with Crippen LogP contribution in [0.4, 0.5) is 11.8 Å². The maximum absolute atomic E-state index is 12.3. The predicted octanol–water partition coefficient (Wildman–Crippen LogP) is 2.21. The van der Waals surface area contributed by atoms with Crippen LogP contribution in [0, 0.1) is 0 Å². The molecule has 138 valence electrons. The minimum absolute atomic E-state index is 0.0828. The van der Waals surface area contributed by atoms with Crippen LogP contribution in [-0.2, 0) is 11.2 Å². The second-order valence-corrected chi connectivity index (χ2v) is 7.06. The van der Waals surface area contributed by atoms with Crippen molar-refractivity contribution < 1.29 is 4.74 Å². The molecule has 1 aromatic carbocycles. The van der Waals surface area contributed by atoms with Crippen LogP contribution in [0.25, 0.3) is 0 Å². The molecule has 1 aromatic heterocycles. The van der Waals surface area contributed by atoms with Crippen molar-refractivity contribution in [1.82, 2.24) is 9.97 Å². The Balaban J connectivity index is 1.59. The number of hydrogen-bond acceptors (Lipinski definition) is 5. The van der Waals surface area contributed by atoms with Gasteiger partial charge in [-0.1, -0.05) is 30.3 Å². The Bertz CT molecular complexity index is 771. The van der Waals surface area contributed by atoms with Crippen LogP contribution in [0.3, 0.4) is 0 Å². The lowest BCUT2D eigenvalue weighted by atomic mass is 9.96. The van der Waals surface area contributed by atoms with E-state index >= 15 is 0 Å². The van der Waals surface area contributed by atoms with E-state index < -0.39 is 0 Å². The number of rotatable bonds is 4. The highest BCUT2D eigenvalue weighted by molar-refractivity contribution is 5.45. The zero-order chi connectivity index (χ0) is 17.8. The molecule has 0 saturated carbocycles. The highest BCUT2D eigenvalue weighted by Gasteiger charge is 2.25. The number of ether oxygens (including phenoxy) is 1. The first-order valence-corrected chi connectivity index (χ1v) is 9.54. The number of aromatic amines is 1. The van der Waals surface area contributed by atoms with E-state index in [1.807, 2.05) is 6.07 Å². The van der Waals surface area contributed by atoms with E-state index in [-0.39, 0.29) is 5.56 Å². The first kappa shape index (κ1) is 17.1. The third-order valence-electron chi connectivity index (χ3n) is 5.26. The number of nitrogens with one attached hydrogen (secondary N) is 1. The largest absolute Gasteiger partial charge is 0.378 e. The lowest BCUT2D eigenvalue weighted by Gasteiger charge is -2.37. The van der Waals surface area contributed by atoms with Gasteiger partial charge < -0.3 is 14.5 Å². The normalized spacial score (nSPS) is 21.0. The number of nitrogens with zero attached hydrogens (tertiary/aromatic N) is 3. The topological polar surface area (TPSA) is 61.5 Å². The molecule has 1 N–H and O–H groups in total. The molecule has 2 saturated heterocycles. The van der Waals surface area contributed by atoms with Crippen LogP contribution < -0.4 is 15.4 Å². The summed E-state index contributed by atoms with van der Waals surface area (Å²) in [6.45, 7) is 3.87. The van der Waals surface area contributed by atoms with E-state index in [1.54, 1.807) is 6.07 Å². The Labute approximate surface area is 153 Å². The quantitative estimate of drug-likeness (QED) is 0.912. The number of piperidine rings is 1. The minimum atomic E-state index is -0.0828. The summed E-state index contributed by atoms with van der Waals surface area (Å²) >= 11 is 0. The highest BCUT2D eigenvalue weighted by Crippen LogP contribution is 2.25. The monoisotopic (exact) mass is 354 g/mol. The number of hydrogen-bond donors (Lipinski definition) is 1. The zero-order valence-electron chi connectivity index (χ0n) is 15.1. The maximum Gasteiger partial charge on any atom is 0.254 e. The molecule has 0 unspecified atom stereocenters. The summed E-state index contributed by atoms with van der Waals surface area (Å²) in [7, 11) is 0. The summed E-state index contributed by atoms with van der Waals surface area (Å²) in [6, 6.07) is 12.5. The van der Waals surface area contributed by atoms with E-state index in [9.17, 15) is 4.79 Å². The summed E-state index contributed by atoms with van der Waals surface area (Å²) in [6.07, 6.45) is 4.46. The van der Waals surface area contributed by atoms with Crippen molar-refractivity contribution in [2.24, 2.45) is 0 Å². The van der Waals surface area contributed by atoms with Crippen molar-refractivity contribution in [2.45, 2.75) is 31.7 Å². The first-order chi connectivity index (χ1) is 12.8. The minimum Gasteiger partial charge on any atom is -0.378 e. The summed E-state index contributed by atoms with van der Waals surface area (Å²) in [5.74, 6) is 1.47. The van der Waals surface area contributed by atoms with Crippen LogP contribution in [-0.4, -0.2) is 48.9 Å². The van der Waals surface area contributed by atoms with Gasteiger partial charge in [-0.2, -0.15) is 4.98 Å². The van der Waals surface area contributed by atoms with Gasteiger partial charge in [0.15, 0.2) is 0 Å². The van der Waals surface area contributed by atoms with Crippen LogP contribution in [0.2, 0.25) is 0 Å². The van der Waals surface area contributed by atoms with Crippen molar-refractivity contribution >= 4 is 11.8 Å². The predicted molar refractivity (Wildman–Crippen MR) is 103 cm³/mol. The van der Waals surface area contributed by atoms with Crippen LogP contribution in [0.15, 0.2) is 41.2 Å². The second-order valence-electron chi connectivity index (χ2n) is 7.06. The van der Waals surface area contributed by atoms with E-state index in [1.165, 1.54) is 12.0 Å². The second kappa shape index (κ2) is 7.91. The summed E-state index contributed by atoms with van der Waals surface area (Å²) in [4.78, 5) is 24.5. The molecule has 0 spiro atoms. The van der Waals surface area contributed by atoms with Gasteiger partial charge in [0.25, 0.3) is 5.56 Å². The molecule has 2 aliphatic heterocycles. The van der Waals surface area contributed by atoms with E-state index in [4.69, 9.17) is 9.72 Å². The molecule has 2 fully saturated rings. The molecule has 2 aromatic rings. The Morgan fingerprint density at radius 2 is 1.92 bits per heavy atom. The Kier molecular flexibility index (Phi) is 5.20. The van der Waals surface area contributed by atoms with Gasteiger partial charge in [-0.3, -0.25) is 9.78 Å². The number of benzene rings is 1. The van der Waals surface area contributed by atoms with Gasteiger partial charge in [-0.15, -0.1) is 0 Å². The van der Waals surface area contributed by atoms with Crippen molar-refractivity contribution in [2.75, 3.05) is 42.6 Å². The smallest absolute Gasteiger partial charge is 0.254 e. The third-order valence-corrected chi connectivity index (χ3v) is 5.26. The fourth-order valence-electron chi connectivity index (χ4n) is 3.90. The summed E-state index contributed by atoms with van der Waals surface area (Å²) < 4.78 is 5.42. The lowest BCUT2D eigenvalue weighted by Crippen LogP contribution is -2.43. The molecule has 0 radical (unpaired) electrons. The van der Waals surface area contributed by atoms with E-state index in [0.717, 1.165) is 44.7 Å². The highest BCUT2D eigenvalue weighted by atomic mass is 16.5. The number of anilines is 2. The Morgan fingerprint density at radius 1 is 1.12 bits per heavy atom. The van der Waals surface area contributed by atoms with Crippen LogP contribution in [0.5, 0.6) is 0 Å². The van der Waals surface area contributed by atoms with Crippen molar-refractivity contribution in [3.8, 4) is 0 Å². The number of H-pyrrole nitrogens is 1. The van der Waals surface area contributed by atoms with Gasteiger partial charge in [0.2, 0.25) is 5.95 Å². The standard InChI is InChI=1S/C20H26N4O2/c25-19-15-18(23-10-12-26-13-11-23)21-20(22-19)24-9-5-4-8-17(24)14-16-6-2-1-3-7-16/h1-3,6-7,15,17H,4-5,8-14H2,(H,21,22,25)/t17-/m0/s1. The molecule has 26 heavy (non-hydrogen) atoms. The average Bonchev–Trinajstić information content (AvgIpc) is 2.69. The molecule has 2 aliphatic rings. The summed E-state index contributed by atoms with van der Waals surface area (Å²) in [5.41, 5.74) is 1.25. The van der Waals surface area contributed by atoms with Gasteiger partial charge in [-0.25, -0.2) is 0 Å². The van der Waals surface area contributed by atoms with Gasteiger partial charge in [0, 0.05) is 31.7 Å². The van der Waals surface area contributed by atoms with Crippen LogP contribution >= 0.6 is 0 Å². The zero-order valence-corrected chi connectivity index (χ0v) is 15.1.